The van der Waals surface area contributed by atoms with E-state index in [0.29, 0.717) is 27.3 Å². The molecular formula is C42H40BrN7O6. The largest absolute Gasteiger partial charge is 0.497 e. The van der Waals surface area contributed by atoms with Crippen LogP contribution in [-0.2, 0) is 11.2 Å². The van der Waals surface area contributed by atoms with Crippen molar-refractivity contribution >= 4 is 78.6 Å². The fourth-order valence-corrected chi connectivity index (χ4v) is 6.47. The Morgan fingerprint density at radius 1 is 0.804 bits per heavy atom. The number of H-pyrrole nitrogens is 1. The first-order valence-electron chi connectivity index (χ1n) is 17.8. The van der Waals surface area contributed by atoms with Crippen molar-refractivity contribution in [1.29, 1.82) is 0 Å². The number of methoxy groups -OCH3 is 1. The second-order valence-electron chi connectivity index (χ2n) is 12.8. The van der Waals surface area contributed by atoms with E-state index in [1.54, 1.807) is 61.7 Å². The summed E-state index contributed by atoms with van der Waals surface area (Å²) in [6.07, 6.45) is 1.12. The SMILES string of the molecule is COc1ccc(N=C(CCNC(=O)O)NCCNC(=O)C(Cc2c[nH]c3ccccc23)NC(=O)c2cc(Br)ccc2NC(=O)c2ccc3ccccc3c2)cc1. The number of halogens is 1. The van der Waals surface area contributed by atoms with Crippen molar-refractivity contribution in [2.45, 2.75) is 18.9 Å². The Labute approximate surface area is 331 Å². The number of aromatic amines is 1. The van der Waals surface area contributed by atoms with Gasteiger partial charge >= 0.3 is 6.09 Å². The van der Waals surface area contributed by atoms with Gasteiger partial charge in [-0.15, -0.1) is 0 Å². The number of carbonyl (C=O) groups is 4. The van der Waals surface area contributed by atoms with Gasteiger partial charge in [-0.1, -0.05) is 64.5 Å². The molecule has 0 bridgehead atoms. The third-order valence-electron chi connectivity index (χ3n) is 8.93. The molecule has 56 heavy (non-hydrogen) atoms. The standard InChI is InChI=1S/C42H40BrN7O6/c1-56-32-15-13-31(14-16-32)48-38(18-19-46-42(54)55)44-20-21-45-41(53)37(23-29-25-47-35-9-5-4-8-33(29)35)50-40(52)34-24-30(43)12-17-36(34)49-39(51)28-11-10-26-6-2-3-7-27(26)22-28/h2-17,22,24-25,37,46-47H,18-21,23H2,1H3,(H,44,48)(H,45,53)(H,49,51)(H,50,52)(H,54,55). The van der Waals surface area contributed by atoms with Crippen molar-refractivity contribution in [2.75, 3.05) is 32.1 Å². The number of benzene rings is 5. The average Bonchev–Trinajstić information content (AvgIpc) is 3.62. The van der Waals surface area contributed by atoms with Crippen molar-refractivity contribution in [3.05, 3.63) is 137 Å². The molecule has 4 amide bonds. The number of aliphatic imine (C=N–C) groups is 1. The number of nitrogens with zero attached hydrogens (tertiary/aromatic N) is 1. The van der Waals surface area contributed by atoms with Crippen molar-refractivity contribution < 1.29 is 29.0 Å². The number of nitrogens with one attached hydrogen (secondary N) is 6. The van der Waals surface area contributed by atoms with Crippen LogP contribution < -0.4 is 31.3 Å². The number of fused-ring (bicyclic) bond motifs is 2. The summed E-state index contributed by atoms with van der Waals surface area (Å²) < 4.78 is 5.83. The zero-order valence-corrected chi connectivity index (χ0v) is 32.0. The third kappa shape index (κ3) is 10.3. The minimum Gasteiger partial charge on any atom is -0.497 e. The molecule has 0 fully saturated rings. The maximum atomic E-state index is 14.0. The van der Waals surface area contributed by atoms with Gasteiger partial charge in [-0.3, -0.25) is 14.4 Å². The minimum absolute atomic E-state index is 0.128. The van der Waals surface area contributed by atoms with Crippen molar-refractivity contribution in [2.24, 2.45) is 4.99 Å². The Morgan fingerprint density at radius 3 is 2.34 bits per heavy atom. The molecule has 6 aromatic rings. The van der Waals surface area contributed by atoms with E-state index >= 15 is 0 Å². The van der Waals surface area contributed by atoms with Crippen LogP contribution in [0.15, 0.2) is 125 Å². The molecule has 0 aliphatic carbocycles. The molecular weight excluding hydrogens is 778 g/mol. The number of hydrogen-bond acceptors (Lipinski definition) is 6. The van der Waals surface area contributed by atoms with Gasteiger partial charge in [0.25, 0.3) is 11.8 Å². The highest BCUT2D eigenvalue weighted by molar-refractivity contribution is 9.10. The third-order valence-corrected chi connectivity index (χ3v) is 9.43. The lowest BCUT2D eigenvalue weighted by molar-refractivity contribution is -0.122. The van der Waals surface area contributed by atoms with E-state index in [-0.39, 0.29) is 49.6 Å². The van der Waals surface area contributed by atoms with Crippen LogP contribution in [0.3, 0.4) is 0 Å². The fraction of sp³-hybridized carbons (Fsp3) is 0.167. The molecule has 5 aromatic carbocycles. The summed E-state index contributed by atoms with van der Waals surface area (Å²) in [6, 6.07) is 31.8. The van der Waals surface area contributed by atoms with E-state index in [4.69, 9.17) is 9.84 Å². The highest BCUT2D eigenvalue weighted by atomic mass is 79.9. The molecule has 1 aromatic heterocycles. The number of amides is 4. The Balaban J connectivity index is 1.17. The zero-order valence-electron chi connectivity index (χ0n) is 30.4. The molecule has 7 N–H and O–H groups in total. The molecule has 0 saturated heterocycles. The molecule has 0 saturated carbocycles. The molecule has 0 radical (unpaired) electrons. The van der Waals surface area contributed by atoms with Gasteiger partial charge in [0.2, 0.25) is 5.91 Å². The Hall–Kier alpha value is -6.67. The number of anilines is 1. The van der Waals surface area contributed by atoms with E-state index < -0.39 is 23.9 Å². The van der Waals surface area contributed by atoms with E-state index in [9.17, 15) is 19.2 Å². The highest BCUT2D eigenvalue weighted by Crippen LogP contribution is 2.25. The predicted octanol–water partition coefficient (Wildman–Crippen LogP) is 6.78. The van der Waals surface area contributed by atoms with Crippen LogP contribution in [0.4, 0.5) is 16.2 Å². The quantitative estimate of drug-likeness (QED) is 0.0338. The summed E-state index contributed by atoms with van der Waals surface area (Å²) in [6.45, 7) is 0.553. The monoisotopic (exact) mass is 817 g/mol. The molecule has 0 aliphatic heterocycles. The van der Waals surface area contributed by atoms with Crippen molar-refractivity contribution in [3.8, 4) is 5.75 Å². The second kappa shape index (κ2) is 18.6. The highest BCUT2D eigenvalue weighted by Gasteiger charge is 2.25. The van der Waals surface area contributed by atoms with Gasteiger partial charge < -0.3 is 41.4 Å². The molecule has 6 rings (SSSR count). The number of aromatic nitrogens is 1. The van der Waals surface area contributed by atoms with Crippen LogP contribution in [-0.4, -0.2) is 72.5 Å². The normalized spacial score (nSPS) is 11.8. The van der Waals surface area contributed by atoms with Gasteiger partial charge in [-0.2, -0.15) is 0 Å². The summed E-state index contributed by atoms with van der Waals surface area (Å²) in [7, 11) is 1.57. The molecule has 0 aliphatic rings. The molecule has 13 nitrogen and oxygen atoms in total. The molecule has 1 heterocycles. The van der Waals surface area contributed by atoms with Crippen LogP contribution in [0, 0.1) is 0 Å². The number of amidine groups is 1. The summed E-state index contributed by atoms with van der Waals surface area (Å²) in [5.41, 5.74) is 3.23. The number of rotatable bonds is 15. The lowest BCUT2D eigenvalue weighted by Crippen LogP contribution is -2.49. The summed E-state index contributed by atoms with van der Waals surface area (Å²) in [4.78, 5) is 60.2. The Bertz CT molecular complexity index is 2400. The van der Waals surface area contributed by atoms with Gasteiger partial charge in [-0.25, -0.2) is 9.79 Å². The van der Waals surface area contributed by atoms with Crippen LogP contribution in [0.2, 0.25) is 0 Å². The van der Waals surface area contributed by atoms with Crippen molar-refractivity contribution in [1.82, 2.24) is 26.3 Å². The fourth-order valence-electron chi connectivity index (χ4n) is 6.10. The van der Waals surface area contributed by atoms with Gasteiger partial charge in [0.15, 0.2) is 0 Å². The van der Waals surface area contributed by atoms with E-state index in [1.807, 2.05) is 60.8 Å². The Kier molecular flexibility index (Phi) is 13.0. The lowest BCUT2D eigenvalue weighted by atomic mass is 10.0. The van der Waals surface area contributed by atoms with E-state index in [2.05, 4.69) is 52.5 Å². The number of para-hydroxylation sites is 1. The number of ether oxygens (including phenoxy) is 1. The molecule has 1 atom stereocenters. The molecule has 286 valence electrons. The van der Waals surface area contributed by atoms with E-state index in [1.165, 1.54) is 0 Å². The first-order chi connectivity index (χ1) is 27.2. The Morgan fingerprint density at radius 2 is 1.55 bits per heavy atom. The topological polar surface area (TPSA) is 186 Å². The number of carbonyl (C=O) groups excluding carboxylic acids is 3. The average molecular weight is 819 g/mol. The first-order valence-corrected chi connectivity index (χ1v) is 18.6. The molecule has 14 heteroatoms. The van der Waals surface area contributed by atoms with E-state index in [0.717, 1.165) is 27.2 Å². The zero-order chi connectivity index (χ0) is 39.4. The van der Waals surface area contributed by atoms with Gasteiger partial charge in [0.1, 0.15) is 17.6 Å². The molecule has 1 unspecified atom stereocenters. The summed E-state index contributed by atoms with van der Waals surface area (Å²) in [5.74, 6) is -0.192. The number of hydrogen-bond donors (Lipinski definition) is 7. The van der Waals surface area contributed by atoms with Crippen molar-refractivity contribution in [3.63, 3.8) is 0 Å². The smallest absolute Gasteiger partial charge is 0.404 e. The van der Waals surface area contributed by atoms with Gasteiger partial charge in [-0.05, 0) is 77.0 Å². The second-order valence-corrected chi connectivity index (χ2v) is 13.7. The van der Waals surface area contributed by atoms with Crippen LogP contribution in [0.1, 0.15) is 32.7 Å². The minimum atomic E-state index is -1.15. The predicted molar refractivity (Wildman–Crippen MR) is 221 cm³/mol. The maximum absolute atomic E-state index is 14.0. The summed E-state index contributed by atoms with van der Waals surface area (Å²) in [5, 5.41) is 26.1. The lowest BCUT2D eigenvalue weighted by Gasteiger charge is -2.20. The van der Waals surface area contributed by atoms with Crippen LogP contribution >= 0.6 is 15.9 Å². The first kappa shape index (κ1) is 39.0. The van der Waals surface area contributed by atoms with Gasteiger partial charge in [0, 0.05) is 59.6 Å². The van der Waals surface area contributed by atoms with Crippen LogP contribution in [0.25, 0.3) is 21.7 Å². The summed E-state index contributed by atoms with van der Waals surface area (Å²) >= 11 is 3.45. The molecule has 0 spiro atoms. The number of carboxylic acid groups (broad SMARTS) is 1. The van der Waals surface area contributed by atoms with Gasteiger partial charge in [0.05, 0.1) is 24.0 Å². The maximum Gasteiger partial charge on any atom is 0.404 e. The van der Waals surface area contributed by atoms with Crippen LogP contribution in [0.5, 0.6) is 5.75 Å².